The molecule has 2 nitrogen and oxygen atoms in total. The first-order chi connectivity index (χ1) is 8.61. The molecule has 102 valence electrons. The van der Waals surface area contributed by atoms with Gasteiger partial charge in [0.1, 0.15) is 0 Å². The maximum Gasteiger partial charge on any atom is 0.0596 e. The number of hydrogen-bond acceptors (Lipinski definition) is 3. The summed E-state index contributed by atoms with van der Waals surface area (Å²) in [6.45, 7) is 9.46. The Hall–Kier alpha value is -0.380. The minimum atomic E-state index is 0.239. The van der Waals surface area contributed by atoms with E-state index in [-0.39, 0.29) is 5.54 Å². The minimum absolute atomic E-state index is 0.239. The zero-order valence-corrected chi connectivity index (χ0v) is 12.9. The molecule has 0 saturated carbocycles. The average Bonchev–Trinajstić information content (AvgIpc) is 3.01. The molecule has 2 unspecified atom stereocenters. The Labute approximate surface area is 115 Å². The standard InChI is InChI=1S/C15H26N2S/c1-5-15(3,17-10-6-7-11-17)14(16-4)13-9-8-12(2)18-13/h8-9,14,16H,5-7,10-11H2,1-4H3. The highest BCUT2D eigenvalue weighted by molar-refractivity contribution is 7.12. The molecule has 0 bridgehead atoms. The second kappa shape index (κ2) is 5.72. The quantitative estimate of drug-likeness (QED) is 0.876. The number of thiophene rings is 1. The van der Waals surface area contributed by atoms with Crippen LogP contribution >= 0.6 is 11.3 Å². The van der Waals surface area contributed by atoms with Crippen molar-refractivity contribution in [1.29, 1.82) is 0 Å². The molecule has 1 N–H and O–H groups in total. The van der Waals surface area contributed by atoms with Gasteiger partial charge in [-0.15, -0.1) is 11.3 Å². The molecule has 0 aliphatic carbocycles. The van der Waals surface area contributed by atoms with E-state index < -0.39 is 0 Å². The van der Waals surface area contributed by atoms with Crippen LogP contribution < -0.4 is 5.32 Å². The van der Waals surface area contributed by atoms with Crippen LogP contribution in [0.15, 0.2) is 12.1 Å². The van der Waals surface area contributed by atoms with Gasteiger partial charge in [0.2, 0.25) is 0 Å². The number of nitrogens with one attached hydrogen (secondary N) is 1. The molecule has 1 aromatic heterocycles. The van der Waals surface area contributed by atoms with Gasteiger partial charge in [0, 0.05) is 15.3 Å². The third-order valence-corrected chi connectivity index (χ3v) is 5.57. The summed E-state index contributed by atoms with van der Waals surface area (Å²) >= 11 is 1.93. The Bertz CT molecular complexity index is 382. The van der Waals surface area contributed by atoms with Gasteiger partial charge in [-0.25, -0.2) is 0 Å². The van der Waals surface area contributed by atoms with Crippen LogP contribution in [0.1, 0.15) is 48.9 Å². The maximum atomic E-state index is 3.57. The highest BCUT2D eigenvalue weighted by atomic mass is 32.1. The number of hydrogen-bond donors (Lipinski definition) is 1. The van der Waals surface area contributed by atoms with Crippen LogP contribution in [0.4, 0.5) is 0 Å². The highest BCUT2D eigenvalue weighted by Gasteiger charge is 2.39. The van der Waals surface area contributed by atoms with Gasteiger partial charge < -0.3 is 5.32 Å². The fourth-order valence-corrected chi connectivity index (χ4v) is 4.34. The zero-order chi connectivity index (χ0) is 13.2. The van der Waals surface area contributed by atoms with E-state index in [1.807, 2.05) is 11.3 Å². The zero-order valence-electron chi connectivity index (χ0n) is 12.1. The first-order valence-electron chi connectivity index (χ1n) is 7.10. The van der Waals surface area contributed by atoms with Gasteiger partial charge in [-0.05, 0) is 65.4 Å². The van der Waals surface area contributed by atoms with Gasteiger partial charge in [0.05, 0.1) is 6.04 Å². The van der Waals surface area contributed by atoms with E-state index >= 15 is 0 Å². The van der Waals surface area contributed by atoms with E-state index in [2.05, 4.69) is 50.2 Å². The molecule has 18 heavy (non-hydrogen) atoms. The van der Waals surface area contributed by atoms with E-state index in [1.165, 1.54) is 42.1 Å². The van der Waals surface area contributed by atoms with Crippen molar-refractivity contribution in [1.82, 2.24) is 10.2 Å². The van der Waals surface area contributed by atoms with Crippen LogP contribution in [0.2, 0.25) is 0 Å². The molecule has 1 aliphatic heterocycles. The van der Waals surface area contributed by atoms with Crippen molar-refractivity contribution in [2.75, 3.05) is 20.1 Å². The van der Waals surface area contributed by atoms with E-state index in [4.69, 9.17) is 0 Å². The van der Waals surface area contributed by atoms with Crippen LogP contribution in [0.3, 0.4) is 0 Å². The van der Waals surface area contributed by atoms with Crippen LogP contribution in [0.25, 0.3) is 0 Å². The molecule has 2 rings (SSSR count). The summed E-state index contributed by atoms with van der Waals surface area (Å²) in [6, 6.07) is 4.98. The first-order valence-corrected chi connectivity index (χ1v) is 7.92. The van der Waals surface area contributed by atoms with Crippen molar-refractivity contribution in [2.24, 2.45) is 0 Å². The van der Waals surface area contributed by atoms with E-state index in [0.29, 0.717) is 6.04 Å². The molecule has 1 saturated heterocycles. The molecule has 3 heteroatoms. The van der Waals surface area contributed by atoms with E-state index in [0.717, 1.165) is 0 Å². The van der Waals surface area contributed by atoms with Gasteiger partial charge in [0.25, 0.3) is 0 Å². The minimum Gasteiger partial charge on any atom is -0.311 e. The molecule has 2 heterocycles. The lowest BCUT2D eigenvalue weighted by Crippen LogP contribution is -2.52. The topological polar surface area (TPSA) is 15.3 Å². The Morgan fingerprint density at radius 1 is 1.39 bits per heavy atom. The summed E-state index contributed by atoms with van der Waals surface area (Å²) in [5.74, 6) is 0. The number of likely N-dealkylation sites (tertiary alicyclic amines) is 1. The van der Waals surface area contributed by atoms with Crippen LogP contribution in [-0.2, 0) is 0 Å². The third kappa shape index (κ3) is 2.49. The number of rotatable bonds is 5. The predicted octanol–water partition coefficient (Wildman–Crippen LogP) is 3.58. The Morgan fingerprint density at radius 2 is 2.06 bits per heavy atom. The normalized spacial score (nSPS) is 22.0. The average molecular weight is 266 g/mol. The Balaban J connectivity index is 2.27. The lowest BCUT2D eigenvalue weighted by atomic mass is 9.86. The Morgan fingerprint density at radius 3 is 2.50 bits per heavy atom. The number of aryl methyl sites for hydroxylation is 1. The van der Waals surface area contributed by atoms with Crippen LogP contribution in [-0.4, -0.2) is 30.6 Å². The van der Waals surface area contributed by atoms with Gasteiger partial charge >= 0.3 is 0 Å². The van der Waals surface area contributed by atoms with Crippen LogP contribution in [0.5, 0.6) is 0 Å². The van der Waals surface area contributed by atoms with Gasteiger partial charge in [-0.1, -0.05) is 6.92 Å². The summed E-state index contributed by atoms with van der Waals surface area (Å²) < 4.78 is 0. The summed E-state index contributed by atoms with van der Waals surface area (Å²) in [4.78, 5) is 5.57. The lowest BCUT2D eigenvalue weighted by molar-refractivity contribution is 0.0887. The van der Waals surface area contributed by atoms with Crippen molar-refractivity contribution in [3.63, 3.8) is 0 Å². The molecule has 0 aromatic carbocycles. The molecule has 0 amide bonds. The third-order valence-electron chi connectivity index (χ3n) is 4.50. The van der Waals surface area contributed by atoms with Crippen molar-refractivity contribution >= 4 is 11.3 Å². The SMILES string of the molecule is CCC(C)(C(NC)c1ccc(C)s1)N1CCCC1. The molecule has 2 atom stereocenters. The van der Waals surface area contributed by atoms with Crippen molar-refractivity contribution < 1.29 is 0 Å². The van der Waals surface area contributed by atoms with Crippen molar-refractivity contribution in [3.05, 3.63) is 21.9 Å². The molecule has 0 spiro atoms. The van der Waals surface area contributed by atoms with Gasteiger partial charge in [0.15, 0.2) is 0 Å². The van der Waals surface area contributed by atoms with E-state index in [1.54, 1.807) is 0 Å². The molecular formula is C15H26N2S. The van der Waals surface area contributed by atoms with Gasteiger partial charge in [-0.3, -0.25) is 4.90 Å². The first kappa shape index (κ1) is 14.0. The number of nitrogens with zero attached hydrogens (tertiary/aromatic N) is 1. The summed E-state index contributed by atoms with van der Waals surface area (Å²) in [5.41, 5.74) is 0.239. The van der Waals surface area contributed by atoms with Crippen molar-refractivity contribution in [2.45, 2.75) is 51.6 Å². The summed E-state index contributed by atoms with van der Waals surface area (Å²) in [7, 11) is 2.10. The Kier molecular flexibility index (Phi) is 4.46. The fraction of sp³-hybridized carbons (Fsp3) is 0.733. The molecule has 1 aromatic rings. The van der Waals surface area contributed by atoms with Crippen molar-refractivity contribution in [3.8, 4) is 0 Å². The van der Waals surface area contributed by atoms with Crippen LogP contribution in [0, 0.1) is 6.92 Å². The molecule has 1 aliphatic rings. The molecule has 0 radical (unpaired) electrons. The summed E-state index contributed by atoms with van der Waals surface area (Å²) in [5, 5.41) is 3.57. The monoisotopic (exact) mass is 266 g/mol. The highest BCUT2D eigenvalue weighted by Crippen LogP contribution is 2.38. The second-order valence-electron chi connectivity index (χ2n) is 5.57. The molecular weight excluding hydrogens is 240 g/mol. The summed E-state index contributed by atoms with van der Waals surface area (Å²) in [6.07, 6.45) is 3.90. The fourth-order valence-electron chi connectivity index (χ4n) is 3.21. The predicted molar refractivity (Wildman–Crippen MR) is 80.4 cm³/mol. The lowest BCUT2D eigenvalue weighted by Gasteiger charge is -2.44. The number of likely N-dealkylation sites (N-methyl/N-ethyl adjacent to an activating group) is 1. The van der Waals surface area contributed by atoms with E-state index in [9.17, 15) is 0 Å². The largest absolute Gasteiger partial charge is 0.311 e. The maximum absolute atomic E-state index is 3.57. The smallest absolute Gasteiger partial charge is 0.0596 e. The molecule has 1 fully saturated rings. The van der Waals surface area contributed by atoms with Gasteiger partial charge in [-0.2, -0.15) is 0 Å². The second-order valence-corrected chi connectivity index (χ2v) is 6.89.